The molecule has 0 amide bonds. The maximum Gasteiger partial charge on any atom is 0.0500 e. The van der Waals surface area contributed by atoms with Crippen molar-refractivity contribution in [2.24, 2.45) is 0 Å². The predicted octanol–water partition coefficient (Wildman–Crippen LogP) is 2.97. The second-order valence-electron chi connectivity index (χ2n) is 2.53. The summed E-state index contributed by atoms with van der Waals surface area (Å²) >= 11 is 0. The van der Waals surface area contributed by atoms with E-state index in [1.165, 1.54) is 6.42 Å². The molecule has 0 unspecified atom stereocenters. The summed E-state index contributed by atoms with van der Waals surface area (Å²) in [4.78, 5) is 0. The van der Waals surface area contributed by atoms with Gasteiger partial charge in [-0.25, -0.2) is 0 Å². The van der Waals surface area contributed by atoms with Crippen molar-refractivity contribution in [3.63, 3.8) is 0 Å². The Balaban J connectivity index is 2.79. The van der Waals surface area contributed by atoms with Gasteiger partial charge in [0, 0.05) is 6.61 Å². The van der Waals surface area contributed by atoms with Gasteiger partial charge in [0.15, 0.2) is 0 Å². The normalized spacial score (nSPS) is 11.1. The summed E-state index contributed by atoms with van der Waals surface area (Å²) in [5.41, 5.74) is 0. The van der Waals surface area contributed by atoms with Gasteiger partial charge >= 0.3 is 0 Å². The van der Waals surface area contributed by atoms with Crippen LogP contribution < -0.4 is 0 Å². The first kappa shape index (κ1) is 10.7. The summed E-state index contributed by atoms with van der Waals surface area (Å²) in [6.07, 6.45) is 8.59. The number of hydrogen-bond acceptors (Lipinski definition) is 1. The van der Waals surface area contributed by atoms with Crippen LogP contribution in [0.2, 0.25) is 0 Å². The molecule has 0 bridgehead atoms. The zero-order valence-electron chi connectivity index (χ0n) is 7.51. The molecular weight excluding hydrogens is 136 g/mol. The lowest BCUT2D eigenvalue weighted by Gasteiger charge is -2.00. The van der Waals surface area contributed by atoms with Crippen LogP contribution in [0.1, 0.15) is 32.6 Å². The lowest BCUT2D eigenvalue weighted by Crippen LogP contribution is -1.95. The molecule has 1 radical (unpaired) electrons. The molecule has 1 nitrogen and oxygen atoms in total. The second-order valence-corrected chi connectivity index (χ2v) is 2.53. The van der Waals surface area contributed by atoms with Crippen molar-refractivity contribution >= 4 is 0 Å². The van der Waals surface area contributed by atoms with Crippen molar-refractivity contribution in [3.8, 4) is 0 Å². The molecule has 0 fully saturated rings. The van der Waals surface area contributed by atoms with Gasteiger partial charge in [0.2, 0.25) is 0 Å². The number of rotatable bonds is 7. The van der Waals surface area contributed by atoms with Crippen LogP contribution in [0.4, 0.5) is 0 Å². The molecular formula is C10H19O. The summed E-state index contributed by atoms with van der Waals surface area (Å²) in [6, 6.07) is 0. The lowest BCUT2D eigenvalue weighted by molar-refractivity contribution is 0.135. The molecule has 0 aromatic heterocycles. The molecule has 0 saturated heterocycles. The highest BCUT2D eigenvalue weighted by Crippen LogP contribution is 1.94. The molecule has 11 heavy (non-hydrogen) atoms. The molecule has 0 aromatic rings. The molecule has 0 N–H and O–H groups in total. The van der Waals surface area contributed by atoms with Crippen LogP contribution in [-0.4, -0.2) is 13.2 Å². The van der Waals surface area contributed by atoms with Gasteiger partial charge in [-0.1, -0.05) is 31.9 Å². The Hall–Kier alpha value is -0.300. The lowest BCUT2D eigenvalue weighted by atomic mass is 10.3. The third kappa shape index (κ3) is 9.70. The van der Waals surface area contributed by atoms with Crippen LogP contribution in [0, 0.1) is 6.92 Å². The molecule has 0 saturated carbocycles. The van der Waals surface area contributed by atoms with E-state index < -0.39 is 0 Å². The van der Waals surface area contributed by atoms with Crippen LogP contribution in [0.3, 0.4) is 0 Å². The van der Waals surface area contributed by atoms with Crippen molar-refractivity contribution in [3.05, 3.63) is 19.1 Å². The summed E-state index contributed by atoms with van der Waals surface area (Å²) in [7, 11) is 0. The van der Waals surface area contributed by atoms with E-state index in [4.69, 9.17) is 4.74 Å². The summed E-state index contributed by atoms with van der Waals surface area (Å²) in [5.74, 6) is 0. The van der Waals surface area contributed by atoms with Crippen molar-refractivity contribution in [2.45, 2.75) is 32.6 Å². The van der Waals surface area contributed by atoms with Gasteiger partial charge in [-0.3, -0.25) is 0 Å². The van der Waals surface area contributed by atoms with Gasteiger partial charge in [-0.05, 0) is 19.8 Å². The van der Waals surface area contributed by atoms with E-state index in [1.54, 1.807) is 0 Å². The average Bonchev–Trinajstić information content (AvgIpc) is 2.03. The van der Waals surface area contributed by atoms with E-state index in [0.717, 1.165) is 32.5 Å². The third-order valence-corrected chi connectivity index (χ3v) is 1.45. The van der Waals surface area contributed by atoms with E-state index in [2.05, 4.69) is 19.1 Å². The molecule has 0 aliphatic heterocycles. The Morgan fingerprint density at radius 2 is 2.09 bits per heavy atom. The number of hydrogen-bond donors (Lipinski definition) is 0. The fourth-order valence-electron chi connectivity index (χ4n) is 0.801. The minimum absolute atomic E-state index is 0.863. The summed E-state index contributed by atoms with van der Waals surface area (Å²) in [5, 5.41) is 0. The fraction of sp³-hybridized carbons (Fsp3) is 0.700. The first-order valence-electron chi connectivity index (χ1n) is 4.40. The van der Waals surface area contributed by atoms with E-state index in [9.17, 15) is 0 Å². The quantitative estimate of drug-likeness (QED) is 0.405. The standard InChI is InChI=1S/C10H19O/c1-3-5-7-9-11-10-8-6-4-2/h4,6H,1,3,5,7-10H2,2H3/b6-4+. The topological polar surface area (TPSA) is 9.23 Å². The van der Waals surface area contributed by atoms with Crippen LogP contribution >= 0.6 is 0 Å². The van der Waals surface area contributed by atoms with Crippen molar-refractivity contribution in [1.82, 2.24) is 0 Å². The van der Waals surface area contributed by atoms with Crippen LogP contribution in [0.15, 0.2) is 12.2 Å². The zero-order valence-corrected chi connectivity index (χ0v) is 7.51. The molecule has 0 heterocycles. The zero-order chi connectivity index (χ0) is 8.36. The Morgan fingerprint density at radius 1 is 1.27 bits per heavy atom. The molecule has 0 rings (SSSR count). The molecule has 65 valence electrons. The van der Waals surface area contributed by atoms with Crippen molar-refractivity contribution in [2.75, 3.05) is 13.2 Å². The Kier molecular flexibility index (Phi) is 9.44. The van der Waals surface area contributed by atoms with Gasteiger partial charge in [0.25, 0.3) is 0 Å². The maximum absolute atomic E-state index is 5.36. The highest BCUT2D eigenvalue weighted by molar-refractivity contribution is 4.75. The largest absolute Gasteiger partial charge is 0.381 e. The number of unbranched alkanes of at least 4 members (excludes halogenated alkanes) is 2. The van der Waals surface area contributed by atoms with Crippen LogP contribution in [-0.2, 0) is 4.74 Å². The Labute approximate surface area is 70.4 Å². The first-order valence-corrected chi connectivity index (χ1v) is 4.40. The fourth-order valence-corrected chi connectivity index (χ4v) is 0.801. The SMILES string of the molecule is [CH2]CCCCOCC/C=C/C. The highest BCUT2D eigenvalue weighted by Gasteiger charge is 1.85. The van der Waals surface area contributed by atoms with Gasteiger partial charge < -0.3 is 4.74 Å². The molecule has 0 aliphatic rings. The van der Waals surface area contributed by atoms with E-state index >= 15 is 0 Å². The van der Waals surface area contributed by atoms with Crippen LogP contribution in [0.5, 0.6) is 0 Å². The maximum atomic E-state index is 5.36. The summed E-state index contributed by atoms with van der Waals surface area (Å²) in [6.45, 7) is 7.56. The third-order valence-electron chi connectivity index (χ3n) is 1.45. The highest BCUT2D eigenvalue weighted by atomic mass is 16.5. The molecule has 0 aliphatic carbocycles. The predicted molar refractivity (Wildman–Crippen MR) is 49.5 cm³/mol. The molecule has 0 aromatic carbocycles. The minimum Gasteiger partial charge on any atom is -0.381 e. The van der Waals surface area contributed by atoms with E-state index in [1.807, 2.05) is 6.92 Å². The first-order chi connectivity index (χ1) is 5.41. The number of ether oxygens (including phenoxy) is 1. The van der Waals surface area contributed by atoms with E-state index in [0.29, 0.717) is 0 Å². The smallest absolute Gasteiger partial charge is 0.0500 e. The Bertz CT molecular complexity index is 86.9. The number of allylic oxidation sites excluding steroid dienone is 1. The van der Waals surface area contributed by atoms with E-state index in [-0.39, 0.29) is 0 Å². The summed E-state index contributed by atoms with van der Waals surface area (Å²) < 4.78 is 5.36. The molecule has 0 atom stereocenters. The van der Waals surface area contributed by atoms with Gasteiger partial charge in [-0.15, -0.1) is 0 Å². The van der Waals surface area contributed by atoms with Gasteiger partial charge in [0.1, 0.15) is 0 Å². The Morgan fingerprint density at radius 3 is 2.73 bits per heavy atom. The van der Waals surface area contributed by atoms with Crippen molar-refractivity contribution < 1.29 is 4.74 Å². The van der Waals surface area contributed by atoms with Crippen LogP contribution in [0.25, 0.3) is 0 Å². The minimum atomic E-state index is 0.863. The van der Waals surface area contributed by atoms with Crippen molar-refractivity contribution in [1.29, 1.82) is 0 Å². The second kappa shape index (κ2) is 9.70. The molecule has 1 heteroatoms. The monoisotopic (exact) mass is 155 g/mol. The van der Waals surface area contributed by atoms with Gasteiger partial charge in [0.05, 0.1) is 6.61 Å². The average molecular weight is 155 g/mol. The van der Waals surface area contributed by atoms with Gasteiger partial charge in [-0.2, -0.15) is 0 Å². The molecule has 0 spiro atoms.